The lowest BCUT2D eigenvalue weighted by atomic mass is 10.2. The van der Waals surface area contributed by atoms with Gasteiger partial charge in [-0.05, 0) is 45.9 Å². The Kier molecular flexibility index (Phi) is 3.05. The quantitative estimate of drug-likeness (QED) is 0.559. The molecule has 0 aliphatic carbocycles. The van der Waals surface area contributed by atoms with E-state index in [0.717, 1.165) is 26.1 Å². The predicted molar refractivity (Wildman–Crippen MR) is 72.1 cm³/mol. The van der Waals surface area contributed by atoms with Gasteiger partial charge in [0.05, 0.1) is 6.61 Å². The highest BCUT2D eigenvalue weighted by atomic mass is 32.5. The molecular formula is C11H23N2OPS. The van der Waals surface area contributed by atoms with Crippen LogP contribution in [0.2, 0.25) is 0 Å². The third kappa shape index (κ3) is 2.11. The van der Waals surface area contributed by atoms with Gasteiger partial charge in [0, 0.05) is 24.2 Å². The molecule has 16 heavy (non-hydrogen) atoms. The molecule has 2 aliphatic rings. The fourth-order valence-corrected chi connectivity index (χ4v) is 7.28. The minimum absolute atomic E-state index is 0.252. The van der Waals surface area contributed by atoms with Gasteiger partial charge in [-0.1, -0.05) is 6.92 Å². The lowest BCUT2D eigenvalue weighted by Gasteiger charge is -2.28. The Morgan fingerprint density at radius 1 is 1.12 bits per heavy atom. The van der Waals surface area contributed by atoms with Gasteiger partial charge in [-0.15, -0.1) is 0 Å². The van der Waals surface area contributed by atoms with Crippen LogP contribution in [0.5, 0.6) is 0 Å². The first-order valence-corrected chi connectivity index (χ1v) is 8.67. The summed E-state index contributed by atoms with van der Waals surface area (Å²) in [5.41, 5.74) is 0.504. The van der Waals surface area contributed by atoms with Gasteiger partial charge in [0.2, 0.25) is 6.57 Å². The minimum Gasteiger partial charge on any atom is -0.327 e. The largest absolute Gasteiger partial charge is 0.327 e. The first-order chi connectivity index (χ1) is 7.24. The fraction of sp³-hybridized carbons (Fsp3) is 1.00. The Labute approximate surface area is 104 Å². The van der Waals surface area contributed by atoms with Gasteiger partial charge in [-0.3, -0.25) is 0 Å². The molecule has 94 valence electrons. The molecule has 0 aromatic rings. The van der Waals surface area contributed by atoms with Crippen molar-refractivity contribution in [2.75, 3.05) is 19.7 Å². The van der Waals surface area contributed by atoms with Crippen LogP contribution in [0.4, 0.5) is 0 Å². The van der Waals surface area contributed by atoms with Gasteiger partial charge in [-0.2, -0.15) is 0 Å². The van der Waals surface area contributed by atoms with Gasteiger partial charge in [-0.25, -0.2) is 9.34 Å². The molecule has 0 spiro atoms. The second-order valence-corrected chi connectivity index (χ2v) is 9.70. The zero-order valence-corrected chi connectivity index (χ0v) is 12.7. The lowest BCUT2D eigenvalue weighted by molar-refractivity contribution is 0.307. The first kappa shape index (κ1) is 13.0. The number of hydrogen-bond donors (Lipinski definition) is 0. The first-order valence-electron chi connectivity index (χ1n) is 6.05. The fourth-order valence-electron chi connectivity index (χ4n) is 2.01. The summed E-state index contributed by atoms with van der Waals surface area (Å²) < 4.78 is 10.9. The summed E-state index contributed by atoms with van der Waals surface area (Å²) in [6, 6.07) is 0. The molecule has 2 atom stereocenters. The van der Waals surface area contributed by atoms with E-state index in [1.54, 1.807) is 0 Å². The summed E-state index contributed by atoms with van der Waals surface area (Å²) >= 11 is 5.88. The van der Waals surface area contributed by atoms with Gasteiger partial charge in [0.25, 0.3) is 0 Å². The van der Waals surface area contributed by atoms with Gasteiger partial charge < -0.3 is 4.52 Å². The maximum atomic E-state index is 6.08. The van der Waals surface area contributed by atoms with Crippen LogP contribution in [0.3, 0.4) is 0 Å². The van der Waals surface area contributed by atoms with Crippen LogP contribution in [0.15, 0.2) is 0 Å². The normalized spacial score (nSPS) is 37.8. The average molecular weight is 262 g/mol. The number of hydrogen-bond acceptors (Lipinski definition) is 2. The summed E-state index contributed by atoms with van der Waals surface area (Å²) in [4.78, 5) is 0. The molecule has 3 nitrogen and oxygen atoms in total. The lowest BCUT2D eigenvalue weighted by Crippen LogP contribution is -2.18. The van der Waals surface area contributed by atoms with Crippen LogP contribution in [0.1, 0.15) is 41.0 Å². The summed E-state index contributed by atoms with van der Waals surface area (Å²) in [5.74, 6) is 0. The van der Waals surface area contributed by atoms with Crippen molar-refractivity contribution in [3.8, 4) is 0 Å². The van der Waals surface area contributed by atoms with E-state index in [9.17, 15) is 0 Å². The minimum atomic E-state index is -1.90. The number of rotatable bonds is 5. The average Bonchev–Trinajstić information content (AvgIpc) is 2.99. The molecule has 5 heteroatoms. The van der Waals surface area contributed by atoms with E-state index < -0.39 is 6.57 Å². The van der Waals surface area contributed by atoms with Crippen LogP contribution < -0.4 is 0 Å². The van der Waals surface area contributed by atoms with Gasteiger partial charge in [0.15, 0.2) is 0 Å². The summed E-state index contributed by atoms with van der Waals surface area (Å²) in [6.45, 7) is 12.2. The highest BCUT2D eigenvalue weighted by molar-refractivity contribution is 8.10. The van der Waals surface area contributed by atoms with E-state index >= 15 is 0 Å². The Hall–Kier alpha value is 0.530. The molecule has 0 aromatic carbocycles. The van der Waals surface area contributed by atoms with Crippen molar-refractivity contribution in [2.45, 2.75) is 52.1 Å². The summed E-state index contributed by atoms with van der Waals surface area (Å²) in [7, 11) is 0. The monoisotopic (exact) mass is 262 g/mol. The zero-order chi connectivity index (χ0) is 12.2. The Morgan fingerprint density at radius 2 is 1.50 bits per heavy atom. The molecular weight excluding hydrogens is 239 g/mol. The van der Waals surface area contributed by atoms with Crippen molar-refractivity contribution in [1.29, 1.82) is 0 Å². The highest BCUT2D eigenvalue weighted by Crippen LogP contribution is 2.70. The molecule has 0 radical (unpaired) electrons. The van der Waals surface area contributed by atoms with E-state index in [1.807, 2.05) is 0 Å². The second-order valence-electron chi connectivity index (χ2n) is 6.06. The molecule has 2 rings (SSSR count). The van der Waals surface area contributed by atoms with Gasteiger partial charge >= 0.3 is 0 Å². The maximum absolute atomic E-state index is 6.08. The molecule has 0 aromatic heterocycles. The molecule has 2 aliphatic heterocycles. The van der Waals surface area contributed by atoms with Crippen molar-refractivity contribution in [3.63, 3.8) is 0 Å². The third-order valence-corrected chi connectivity index (χ3v) is 7.94. The molecule has 2 fully saturated rings. The molecule has 2 saturated heterocycles. The van der Waals surface area contributed by atoms with Crippen molar-refractivity contribution in [1.82, 2.24) is 9.34 Å². The highest BCUT2D eigenvalue weighted by Gasteiger charge is 2.61. The molecule has 0 saturated carbocycles. The van der Waals surface area contributed by atoms with E-state index in [0.29, 0.717) is 0 Å². The SMILES string of the molecule is CCCOP(=S)(N1CC1(C)C)N1CC1(C)C. The predicted octanol–water partition coefficient (Wildman–Crippen LogP) is 2.83. The maximum Gasteiger partial charge on any atom is 0.204 e. The van der Waals surface area contributed by atoms with E-state index in [-0.39, 0.29) is 11.1 Å². The van der Waals surface area contributed by atoms with Crippen molar-refractivity contribution in [3.05, 3.63) is 0 Å². The van der Waals surface area contributed by atoms with Crippen LogP contribution in [-0.4, -0.2) is 40.1 Å². The Balaban J connectivity index is 2.12. The molecule has 2 unspecified atom stereocenters. The van der Waals surface area contributed by atoms with Crippen LogP contribution in [0, 0.1) is 0 Å². The molecule has 0 bridgehead atoms. The third-order valence-electron chi connectivity index (χ3n) is 3.34. The topological polar surface area (TPSA) is 15.2 Å². The van der Waals surface area contributed by atoms with Crippen LogP contribution >= 0.6 is 6.57 Å². The Morgan fingerprint density at radius 3 is 1.75 bits per heavy atom. The van der Waals surface area contributed by atoms with Crippen LogP contribution in [0.25, 0.3) is 0 Å². The molecule has 2 heterocycles. The molecule has 0 N–H and O–H groups in total. The van der Waals surface area contributed by atoms with E-state index in [2.05, 4.69) is 44.0 Å². The summed E-state index contributed by atoms with van der Waals surface area (Å²) in [5, 5.41) is 0. The van der Waals surface area contributed by atoms with Gasteiger partial charge in [0.1, 0.15) is 0 Å². The van der Waals surface area contributed by atoms with Crippen molar-refractivity contribution < 1.29 is 4.52 Å². The zero-order valence-electron chi connectivity index (χ0n) is 11.0. The van der Waals surface area contributed by atoms with E-state index in [4.69, 9.17) is 16.3 Å². The second kappa shape index (κ2) is 3.76. The van der Waals surface area contributed by atoms with Crippen LogP contribution in [-0.2, 0) is 16.3 Å². The Bertz CT molecular complexity index is 317. The standard InChI is InChI=1S/C11H23N2OPS/c1-6-7-14-15(16,12-8-10(12,2)3)13-9-11(13,4)5/h6-9H2,1-5H3. The smallest absolute Gasteiger partial charge is 0.204 e. The number of nitrogens with zero attached hydrogens (tertiary/aromatic N) is 2. The summed E-state index contributed by atoms with van der Waals surface area (Å²) in [6.07, 6.45) is 1.04. The van der Waals surface area contributed by atoms with Crippen molar-refractivity contribution in [2.24, 2.45) is 0 Å². The molecule has 0 amide bonds. The van der Waals surface area contributed by atoms with Crippen molar-refractivity contribution >= 4 is 18.4 Å². The van der Waals surface area contributed by atoms with E-state index in [1.165, 1.54) is 0 Å².